The van der Waals surface area contributed by atoms with Crippen LogP contribution in [0.5, 0.6) is 5.75 Å². The first kappa shape index (κ1) is 12.8. The SMILES string of the molecule is O=S(=O)(Nc1ccccc1O)c1cncc(Br)c1. The van der Waals surface area contributed by atoms with Gasteiger partial charge in [0.1, 0.15) is 10.6 Å². The van der Waals surface area contributed by atoms with Gasteiger partial charge in [-0.3, -0.25) is 9.71 Å². The second kappa shape index (κ2) is 4.95. The summed E-state index contributed by atoms with van der Waals surface area (Å²) in [6.07, 6.45) is 2.71. The van der Waals surface area contributed by atoms with Gasteiger partial charge < -0.3 is 5.11 Å². The van der Waals surface area contributed by atoms with Crippen molar-refractivity contribution in [3.05, 3.63) is 47.2 Å². The molecule has 0 fully saturated rings. The van der Waals surface area contributed by atoms with Gasteiger partial charge in [0.15, 0.2) is 0 Å². The number of para-hydroxylation sites is 2. The second-order valence-corrected chi connectivity index (χ2v) is 6.06. The van der Waals surface area contributed by atoms with E-state index in [0.29, 0.717) is 4.47 Å². The van der Waals surface area contributed by atoms with Gasteiger partial charge >= 0.3 is 0 Å². The molecule has 1 heterocycles. The summed E-state index contributed by atoms with van der Waals surface area (Å²) < 4.78 is 26.9. The van der Waals surface area contributed by atoms with Gasteiger partial charge in [0.2, 0.25) is 0 Å². The predicted molar refractivity (Wildman–Crippen MR) is 70.9 cm³/mol. The van der Waals surface area contributed by atoms with Crippen molar-refractivity contribution in [2.24, 2.45) is 0 Å². The molecule has 0 bridgehead atoms. The fourth-order valence-corrected chi connectivity index (χ4v) is 2.88. The number of aromatic nitrogens is 1. The van der Waals surface area contributed by atoms with Crippen LogP contribution in [-0.4, -0.2) is 18.5 Å². The van der Waals surface area contributed by atoms with E-state index in [4.69, 9.17) is 0 Å². The van der Waals surface area contributed by atoms with Gasteiger partial charge in [0, 0.05) is 16.9 Å². The average molecular weight is 329 g/mol. The maximum Gasteiger partial charge on any atom is 0.263 e. The Morgan fingerprint density at radius 3 is 2.61 bits per heavy atom. The molecule has 1 aromatic heterocycles. The highest BCUT2D eigenvalue weighted by Gasteiger charge is 2.16. The Labute approximate surface area is 113 Å². The van der Waals surface area contributed by atoms with Crippen LogP contribution in [0.2, 0.25) is 0 Å². The summed E-state index contributed by atoms with van der Waals surface area (Å²) >= 11 is 3.15. The zero-order chi connectivity index (χ0) is 13.2. The summed E-state index contributed by atoms with van der Waals surface area (Å²) in [5, 5.41) is 9.52. The number of rotatable bonds is 3. The molecule has 7 heteroatoms. The van der Waals surface area contributed by atoms with Crippen LogP contribution in [0.15, 0.2) is 52.1 Å². The zero-order valence-electron chi connectivity index (χ0n) is 9.04. The van der Waals surface area contributed by atoms with Crippen molar-refractivity contribution in [2.45, 2.75) is 4.90 Å². The predicted octanol–water partition coefficient (Wildman–Crippen LogP) is 2.35. The van der Waals surface area contributed by atoms with E-state index in [-0.39, 0.29) is 16.3 Å². The second-order valence-electron chi connectivity index (χ2n) is 3.46. The van der Waals surface area contributed by atoms with Crippen molar-refractivity contribution < 1.29 is 13.5 Å². The zero-order valence-corrected chi connectivity index (χ0v) is 11.4. The standard InChI is InChI=1S/C11H9BrN2O3S/c12-8-5-9(7-13-6-8)18(16,17)14-10-3-1-2-4-11(10)15/h1-7,14-15H. The molecule has 2 N–H and O–H groups in total. The van der Waals surface area contributed by atoms with Crippen LogP contribution >= 0.6 is 15.9 Å². The minimum Gasteiger partial charge on any atom is -0.506 e. The van der Waals surface area contributed by atoms with E-state index >= 15 is 0 Å². The van der Waals surface area contributed by atoms with Crippen LogP contribution in [0.25, 0.3) is 0 Å². The molecule has 0 saturated carbocycles. The third kappa shape index (κ3) is 2.80. The summed E-state index contributed by atoms with van der Waals surface area (Å²) in [6.45, 7) is 0. The molecule has 0 radical (unpaired) electrons. The van der Waals surface area contributed by atoms with E-state index in [1.54, 1.807) is 12.1 Å². The average Bonchev–Trinajstić information content (AvgIpc) is 2.32. The molecule has 0 aliphatic heterocycles. The number of phenolic OH excluding ortho intramolecular Hbond substituents is 1. The quantitative estimate of drug-likeness (QED) is 0.847. The maximum absolute atomic E-state index is 12.0. The fraction of sp³-hybridized carbons (Fsp3) is 0. The third-order valence-electron chi connectivity index (χ3n) is 2.14. The Kier molecular flexibility index (Phi) is 3.53. The smallest absolute Gasteiger partial charge is 0.263 e. The Bertz CT molecular complexity index is 673. The molecular weight excluding hydrogens is 320 g/mol. The molecule has 0 atom stereocenters. The molecule has 18 heavy (non-hydrogen) atoms. The van der Waals surface area contributed by atoms with Crippen LogP contribution in [-0.2, 0) is 10.0 Å². The van der Waals surface area contributed by atoms with E-state index in [0.717, 1.165) is 0 Å². The molecule has 0 amide bonds. The van der Waals surface area contributed by atoms with Crippen molar-refractivity contribution in [1.29, 1.82) is 0 Å². The van der Waals surface area contributed by atoms with E-state index < -0.39 is 10.0 Å². The minimum absolute atomic E-state index is 0.0140. The molecule has 0 aliphatic rings. The summed E-state index contributed by atoms with van der Waals surface area (Å²) in [5.41, 5.74) is 0.123. The van der Waals surface area contributed by atoms with Gasteiger partial charge in [0.05, 0.1) is 5.69 Å². The Balaban J connectivity index is 2.37. The van der Waals surface area contributed by atoms with Crippen LogP contribution in [0.1, 0.15) is 0 Å². The summed E-state index contributed by atoms with van der Waals surface area (Å²) in [7, 11) is -3.76. The van der Waals surface area contributed by atoms with E-state index in [1.807, 2.05) is 0 Å². The number of benzene rings is 1. The monoisotopic (exact) mass is 328 g/mol. The molecular formula is C11H9BrN2O3S. The molecule has 0 aliphatic carbocycles. The van der Waals surface area contributed by atoms with Crippen molar-refractivity contribution in [3.8, 4) is 5.75 Å². The lowest BCUT2D eigenvalue weighted by Crippen LogP contribution is -2.13. The first-order chi connectivity index (χ1) is 8.49. The van der Waals surface area contributed by atoms with E-state index in [2.05, 4.69) is 25.6 Å². The molecule has 94 valence electrons. The lowest BCUT2D eigenvalue weighted by Gasteiger charge is -2.09. The van der Waals surface area contributed by atoms with Gasteiger partial charge in [0.25, 0.3) is 10.0 Å². The van der Waals surface area contributed by atoms with Gasteiger partial charge in [-0.2, -0.15) is 0 Å². The minimum atomic E-state index is -3.76. The first-order valence-corrected chi connectivity index (χ1v) is 7.18. The summed E-state index contributed by atoms with van der Waals surface area (Å²) in [4.78, 5) is 3.80. The van der Waals surface area contributed by atoms with Crippen LogP contribution in [0.4, 0.5) is 5.69 Å². The van der Waals surface area contributed by atoms with Crippen LogP contribution in [0.3, 0.4) is 0 Å². The van der Waals surface area contributed by atoms with Gasteiger partial charge in [-0.1, -0.05) is 12.1 Å². The molecule has 0 unspecified atom stereocenters. The van der Waals surface area contributed by atoms with E-state index in [9.17, 15) is 13.5 Å². The Hall–Kier alpha value is -1.60. The number of halogens is 1. The number of sulfonamides is 1. The van der Waals surface area contributed by atoms with Gasteiger partial charge in [-0.15, -0.1) is 0 Å². The number of hydrogen-bond donors (Lipinski definition) is 2. The van der Waals surface area contributed by atoms with Crippen LogP contribution in [0, 0.1) is 0 Å². The Morgan fingerprint density at radius 1 is 1.22 bits per heavy atom. The molecule has 2 aromatic rings. The number of hydrogen-bond acceptors (Lipinski definition) is 4. The lowest BCUT2D eigenvalue weighted by atomic mass is 10.3. The van der Waals surface area contributed by atoms with Crippen molar-refractivity contribution in [1.82, 2.24) is 4.98 Å². The molecule has 5 nitrogen and oxygen atoms in total. The van der Waals surface area contributed by atoms with Crippen molar-refractivity contribution >= 4 is 31.6 Å². The highest BCUT2D eigenvalue weighted by atomic mass is 79.9. The first-order valence-electron chi connectivity index (χ1n) is 4.90. The van der Waals surface area contributed by atoms with Crippen molar-refractivity contribution in [3.63, 3.8) is 0 Å². The van der Waals surface area contributed by atoms with Crippen molar-refractivity contribution in [2.75, 3.05) is 4.72 Å². The molecule has 2 rings (SSSR count). The number of phenols is 1. The number of aromatic hydroxyl groups is 1. The maximum atomic E-state index is 12.0. The number of anilines is 1. The molecule has 0 saturated heterocycles. The fourth-order valence-electron chi connectivity index (χ4n) is 1.30. The molecule has 1 aromatic carbocycles. The Morgan fingerprint density at radius 2 is 1.94 bits per heavy atom. The van der Waals surface area contributed by atoms with Crippen LogP contribution < -0.4 is 4.72 Å². The lowest BCUT2D eigenvalue weighted by molar-refractivity contribution is 0.477. The van der Waals surface area contributed by atoms with E-state index in [1.165, 1.54) is 30.6 Å². The largest absolute Gasteiger partial charge is 0.506 e. The molecule has 0 spiro atoms. The highest BCUT2D eigenvalue weighted by Crippen LogP contribution is 2.25. The highest BCUT2D eigenvalue weighted by molar-refractivity contribution is 9.10. The number of pyridine rings is 1. The summed E-state index contributed by atoms with van der Waals surface area (Å²) in [5.74, 6) is -0.135. The third-order valence-corrected chi connectivity index (χ3v) is 3.90. The number of nitrogens with one attached hydrogen (secondary N) is 1. The summed E-state index contributed by atoms with van der Waals surface area (Å²) in [6, 6.07) is 7.52. The topological polar surface area (TPSA) is 79.3 Å². The number of nitrogens with zero attached hydrogens (tertiary/aromatic N) is 1. The van der Waals surface area contributed by atoms with Gasteiger partial charge in [-0.05, 0) is 34.1 Å². The van der Waals surface area contributed by atoms with Gasteiger partial charge in [-0.25, -0.2) is 8.42 Å². The normalized spacial score (nSPS) is 11.2.